The average Bonchev–Trinajstić information content (AvgIpc) is 3.22. The smallest absolute Gasteiger partial charge is 0.145 e. The summed E-state index contributed by atoms with van der Waals surface area (Å²) in [7, 11) is 0. The van der Waals surface area contributed by atoms with Crippen LogP contribution >= 0.6 is 0 Å². The molecular formula is C14H15N3. The van der Waals surface area contributed by atoms with Crippen LogP contribution in [0, 0.1) is 5.92 Å². The number of rotatable bonds is 4. The Morgan fingerprint density at radius 2 is 1.94 bits per heavy atom. The quantitative estimate of drug-likeness (QED) is 0.869. The third kappa shape index (κ3) is 2.61. The number of hydrogen-bond acceptors (Lipinski definition) is 3. The van der Waals surface area contributed by atoms with Crippen LogP contribution < -0.4 is 5.32 Å². The molecule has 3 rings (SSSR count). The fourth-order valence-corrected chi connectivity index (χ4v) is 1.77. The van der Waals surface area contributed by atoms with Crippen LogP contribution in [0.4, 0.5) is 5.82 Å². The molecule has 0 radical (unpaired) electrons. The summed E-state index contributed by atoms with van der Waals surface area (Å²) < 4.78 is 0. The lowest BCUT2D eigenvalue weighted by Crippen LogP contribution is -2.05. The van der Waals surface area contributed by atoms with Crippen molar-refractivity contribution in [1.29, 1.82) is 0 Å². The van der Waals surface area contributed by atoms with E-state index in [4.69, 9.17) is 0 Å². The number of benzene rings is 1. The van der Waals surface area contributed by atoms with Gasteiger partial charge in [-0.1, -0.05) is 30.3 Å². The molecule has 17 heavy (non-hydrogen) atoms. The topological polar surface area (TPSA) is 37.8 Å². The normalized spacial score (nSPS) is 14.6. The summed E-state index contributed by atoms with van der Waals surface area (Å²) >= 11 is 0. The van der Waals surface area contributed by atoms with E-state index in [1.807, 2.05) is 18.2 Å². The molecule has 0 spiro atoms. The van der Waals surface area contributed by atoms with E-state index in [9.17, 15) is 0 Å². The molecule has 0 amide bonds. The molecule has 0 unspecified atom stereocenters. The van der Waals surface area contributed by atoms with Gasteiger partial charge >= 0.3 is 0 Å². The van der Waals surface area contributed by atoms with Crippen LogP contribution in [0.3, 0.4) is 0 Å². The molecule has 1 aromatic heterocycles. The number of nitrogens with one attached hydrogen (secondary N) is 1. The van der Waals surface area contributed by atoms with Crippen LogP contribution in [0.2, 0.25) is 0 Å². The zero-order valence-electron chi connectivity index (χ0n) is 9.63. The Morgan fingerprint density at radius 1 is 1.12 bits per heavy atom. The van der Waals surface area contributed by atoms with Crippen molar-refractivity contribution in [2.45, 2.75) is 12.8 Å². The Bertz CT molecular complexity index is 492. The Labute approximate surface area is 101 Å². The van der Waals surface area contributed by atoms with E-state index in [-0.39, 0.29) is 0 Å². The van der Waals surface area contributed by atoms with Crippen LogP contribution in [-0.4, -0.2) is 16.5 Å². The van der Waals surface area contributed by atoms with Crippen LogP contribution in [0.25, 0.3) is 11.3 Å². The van der Waals surface area contributed by atoms with Crippen molar-refractivity contribution >= 4 is 5.82 Å². The number of nitrogens with zero attached hydrogens (tertiary/aromatic N) is 2. The largest absolute Gasteiger partial charge is 0.368 e. The lowest BCUT2D eigenvalue weighted by atomic mass is 10.2. The molecular weight excluding hydrogens is 210 g/mol. The second-order valence-electron chi connectivity index (χ2n) is 4.48. The fourth-order valence-electron chi connectivity index (χ4n) is 1.77. The summed E-state index contributed by atoms with van der Waals surface area (Å²) in [6, 6.07) is 10.1. The number of hydrogen-bond donors (Lipinski definition) is 1. The third-order valence-electron chi connectivity index (χ3n) is 2.97. The van der Waals surface area contributed by atoms with E-state index in [0.717, 1.165) is 29.5 Å². The van der Waals surface area contributed by atoms with Crippen molar-refractivity contribution in [2.75, 3.05) is 11.9 Å². The molecule has 1 aromatic carbocycles. The van der Waals surface area contributed by atoms with Crippen LogP contribution in [0.15, 0.2) is 42.7 Å². The molecule has 0 bridgehead atoms. The lowest BCUT2D eigenvalue weighted by Gasteiger charge is -2.06. The van der Waals surface area contributed by atoms with Crippen LogP contribution in [0.5, 0.6) is 0 Å². The van der Waals surface area contributed by atoms with Crippen LogP contribution in [0.1, 0.15) is 12.8 Å². The summed E-state index contributed by atoms with van der Waals surface area (Å²) in [5.74, 6) is 1.72. The summed E-state index contributed by atoms with van der Waals surface area (Å²) in [5.41, 5.74) is 2.03. The summed E-state index contributed by atoms with van der Waals surface area (Å²) in [6.45, 7) is 1.02. The third-order valence-corrected chi connectivity index (χ3v) is 2.97. The predicted octanol–water partition coefficient (Wildman–Crippen LogP) is 2.97. The fraction of sp³-hybridized carbons (Fsp3) is 0.286. The van der Waals surface area contributed by atoms with E-state index >= 15 is 0 Å². The molecule has 1 N–H and O–H groups in total. The minimum Gasteiger partial charge on any atom is -0.368 e. The van der Waals surface area contributed by atoms with Crippen molar-refractivity contribution in [1.82, 2.24) is 9.97 Å². The molecule has 3 nitrogen and oxygen atoms in total. The Hall–Kier alpha value is -1.90. The highest BCUT2D eigenvalue weighted by atomic mass is 15.0. The van der Waals surface area contributed by atoms with Gasteiger partial charge in [0.2, 0.25) is 0 Å². The van der Waals surface area contributed by atoms with Gasteiger partial charge in [-0.3, -0.25) is 4.98 Å². The average molecular weight is 225 g/mol. The van der Waals surface area contributed by atoms with Gasteiger partial charge in [0.1, 0.15) is 5.82 Å². The molecule has 1 fully saturated rings. The van der Waals surface area contributed by atoms with Crippen molar-refractivity contribution in [2.24, 2.45) is 5.92 Å². The molecule has 0 atom stereocenters. The maximum Gasteiger partial charge on any atom is 0.145 e. The number of aromatic nitrogens is 2. The van der Waals surface area contributed by atoms with Gasteiger partial charge in [-0.2, -0.15) is 0 Å². The van der Waals surface area contributed by atoms with Gasteiger partial charge < -0.3 is 5.32 Å². The molecule has 0 aliphatic heterocycles. The van der Waals surface area contributed by atoms with E-state index in [2.05, 4.69) is 27.4 Å². The molecule has 0 saturated heterocycles. The van der Waals surface area contributed by atoms with Gasteiger partial charge in [0.25, 0.3) is 0 Å². The first-order chi connectivity index (χ1) is 8.42. The highest BCUT2D eigenvalue weighted by molar-refractivity contribution is 5.59. The standard InChI is InChI=1S/C14H15N3/c1-2-4-12(5-3-1)13-9-15-10-14(17-13)16-8-11-6-7-11/h1-5,9-11H,6-8H2,(H,16,17). The Balaban J connectivity index is 1.78. The highest BCUT2D eigenvalue weighted by Crippen LogP contribution is 2.28. The SMILES string of the molecule is c1ccc(-c2cncc(NCC3CC3)n2)cc1. The maximum atomic E-state index is 4.57. The van der Waals surface area contributed by atoms with Gasteiger partial charge in [-0.15, -0.1) is 0 Å². The molecule has 1 aliphatic carbocycles. The van der Waals surface area contributed by atoms with Crippen molar-refractivity contribution in [3.63, 3.8) is 0 Å². The maximum absolute atomic E-state index is 4.57. The summed E-state index contributed by atoms with van der Waals surface area (Å²) in [6.07, 6.45) is 6.28. The molecule has 1 saturated carbocycles. The van der Waals surface area contributed by atoms with E-state index in [0.29, 0.717) is 0 Å². The minimum absolute atomic E-state index is 0.845. The molecule has 2 aromatic rings. The number of anilines is 1. The molecule has 1 aliphatic rings. The van der Waals surface area contributed by atoms with Gasteiger partial charge in [0, 0.05) is 12.1 Å². The second-order valence-corrected chi connectivity index (χ2v) is 4.48. The van der Waals surface area contributed by atoms with Crippen molar-refractivity contribution in [3.05, 3.63) is 42.7 Å². The van der Waals surface area contributed by atoms with Crippen LogP contribution in [-0.2, 0) is 0 Å². The lowest BCUT2D eigenvalue weighted by molar-refractivity contribution is 0.881. The first-order valence-electron chi connectivity index (χ1n) is 6.03. The monoisotopic (exact) mass is 225 g/mol. The predicted molar refractivity (Wildman–Crippen MR) is 68.7 cm³/mol. The zero-order chi connectivity index (χ0) is 11.5. The van der Waals surface area contributed by atoms with Gasteiger partial charge in [-0.25, -0.2) is 4.98 Å². The zero-order valence-corrected chi connectivity index (χ0v) is 9.63. The first-order valence-corrected chi connectivity index (χ1v) is 6.03. The van der Waals surface area contributed by atoms with Gasteiger partial charge in [0.15, 0.2) is 0 Å². The minimum atomic E-state index is 0.845. The van der Waals surface area contributed by atoms with Gasteiger partial charge in [-0.05, 0) is 18.8 Å². The van der Waals surface area contributed by atoms with Crippen molar-refractivity contribution < 1.29 is 0 Å². The summed E-state index contributed by atoms with van der Waals surface area (Å²) in [4.78, 5) is 8.80. The molecule has 86 valence electrons. The second kappa shape index (κ2) is 4.53. The van der Waals surface area contributed by atoms with Gasteiger partial charge in [0.05, 0.1) is 18.1 Å². The van der Waals surface area contributed by atoms with E-state index in [1.54, 1.807) is 12.4 Å². The highest BCUT2D eigenvalue weighted by Gasteiger charge is 2.20. The Morgan fingerprint density at radius 3 is 2.71 bits per heavy atom. The Kier molecular flexibility index (Phi) is 2.74. The van der Waals surface area contributed by atoms with E-state index < -0.39 is 0 Å². The first kappa shape index (κ1) is 10.3. The molecule has 1 heterocycles. The van der Waals surface area contributed by atoms with E-state index in [1.165, 1.54) is 12.8 Å². The molecule has 3 heteroatoms. The summed E-state index contributed by atoms with van der Waals surface area (Å²) in [5, 5.41) is 3.34. The van der Waals surface area contributed by atoms with Crippen molar-refractivity contribution in [3.8, 4) is 11.3 Å².